The van der Waals surface area contributed by atoms with Crippen LogP contribution in [0.3, 0.4) is 0 Å². The fourth-order valence-electron chi connectivity index (χ4n) is 3.81. The predicted molar refractivity (Wildman–Crippen MR) is 136 cm³/mol. The Hall–Kier alpha value is -2.09. The van der Waals surface area contributed by atoms with Crippen LogP contribution in [0.4, 0.5) is 5.69 Å². The number of halogens is 3. The van der Waals surface area contributed by atoms with Gasteiger partial charge in [0, 0.05) is 20.7 Å². The molecule has 0 saturated heterocycles. The van der Waals surface area contributed by atoms with E-state index in [4.69, 9.17) is 28.2 Å². The molecule has 0 saturated carbocycles. The number of hydrogen-bond acceptors (Lipinski definition) is 3. The maximum atomic E-state index is 14.0. The summed E-state index contributed by atoms with van der Waals surface area (Å²) in [7, 11) is 1.83. The third kappa shape index (κ3) is 4.45. The van der Waals surface area contributed by atoms with E-state index < -0.39 is 6.04 Å². The minimum atomic E-state index is -0.412. The van der Waals surface area contributed by atoms with Gasteiger partial charge in [-0.3, -0.25) is 4.79 Å². The second-order valence-electron chi connectivity index (χ2n) is 7.30. The molecule has 31 heavy (non-hydrogen) atoms. The predicted octanol–water partition coefficient (Wildman–Crippen LogP) is 6.81. The highest BCUT2D eigenvalue weighted by Gasteiger charge is 2.37. The zero-order valence-electron chi connectivity index (χ0n) is 16.9. The molecule has 1 heterocycles. The third-order valence-corrected chi connectivity index (χ3v) is 6.59. The van der Waals surface area contributed by atoms with Crippen molar-refractivity contribution in [2.75, 3.05) is 7.05 Å². The minimum Gasteiger partial charge on any atom is -0.375 e. The summed E-state index contributed by atoms with van der Waals surface area (Å²) in [6.45, 7) is 2.02. The molecule has 4 nitrogen and oxygen atoms in total. The number of benzene rings is 3. The lowest BCUT2D eigenvalue weighted by molar-refractivity contribution is 0.0650. The van der Waals surface area contributed by atoms with E-state index in [9.17, 15) is 4.79 Å². The fourth-order valence-corrected chi connectivity index (χ4v) is 4.56. The van der Waals surface area contributed by atoms with Gasteiger partial charge < -0.3 is 10.2 Å². The lowest BCUT2D eigenvalue weighted by Gasteiger charge is -2.36. The first-order valence-electron chi connectivity index (χ1n) is 9.78. The molecule has 1 aliphatic rings. The van der Waals surface area contributed by atoms with Crippen molar-refractivity contribution in [2.45, 2.75) is 19.0 Å². The number of amidine groups is 1. The second-order valence-corrected chi connectivity index (χ2v) is 9.42. The van der Waals surface area contributed by atoms with Crippen molar-refractivity contribution in [1.29, 1.82) is 0 Å². The topological polar surface area (TPSA) is 44.7 Å². The standard InChI is InChI=1S/C24H20Cl2IN3O/c1-14(15-3-7-17(25)8-4-15)30-22(16-5-9-18(26)10-6-16)23(28-2)29-21-12-11-19(27)13-20(21)24(30)31/h3-14,22H,1-2H3,(H,28,29)/t14-,22+/m1/s1. The van der Waals surface area contributed by atoms with E-state index in [0.717, 1.165) is 14.7 Å². The van der Waals surface area contributed by atoms with Gasteiger partial charge in [-0.25, -0.2) is 4.99 Å². The highest BCUT2D eigenvalue weighted by Crippen LogP contribution is 2.39. The van der Waals surface area contributed by atoms with Crippen LogP contribution in [0.1, 0.15) is 40.5 Å². The van der Waals surface area contributed by atoms with Crippen LogP contribution in [0, 0.1) is 3.57 Å². The van der Waals surface area contributed by atoms with Gasteiger partial charge in [0.15, 0.2) is 0 Å². The van der Waals surface area contributed by atoms with Gasteiger partial charge in [0.2, 0.25) is 0 Å². The van der Waals surface area contributed by atoms with Gasteiger partial charge in [-0.05, 0) is 83.1 Å². The first-order chi connectivity index (χ1) is 14.9. The van der Waals surface area contributed by atoms with Crippen LogP contribution in [0.2, 0.25) is 10.0 Å². The molecule has 0 bridgehead atoms. The number of fused-ring (bicyclic) bond motifs is 1. The summed E-state index contributed by atoms with van der Waals surface area (Å²) in [5.41, 5.74) is 3.15. The van der Waals surface area contributed by atoms with E-state index in [-0.39, 0.29) is 11.9 Å². The van der Waals surface area contributed by atoms with Gasteiger partial charge in [0.05, 0.1) is 17.3 Å². The highest BCUT2D eigenvalue weighted by atomic mass is 127. The second kappa shape index (κ2) is 9.18. The number of aliphatic imine (C=N–C) groups is 1. The fraction of sp³-hybridized carbons (Fsp3) is 0.167. The normalized spacial score (nSPS) is 16.9. The summed E-state index contributed by atoms with van der Waals surface area (Å²) in [5, 5.41) is 4.53. The SMILES string of the molecule is CNC1=Nc2ccc(I)cc2C(=O)N([C@H](C)c2ccc(Cl)cc2)[C@H]1c1ccc(Cl)cc1. The van der Waals surface area contributed by atoms with Crippen molar-refractivity contribution in [3.63, 3.8) is 0 Å². The van der Waals surface area contributed by atoms with Gasteiger partial charge in [0.1, 0.15) is 11.9 Å². The number of nitrogens with zero attached hydrogens (tertiary/aromatic N) is 2. The van der Waals surface area contributed by atoms with Gasteiger partial charge in [-0.15, -0.1) is 0 Å². The summed E-state index contributed by atoms with van der Waals surface area (Å²) in [6, 6.07) is 20.2. The number of likely N-dealkylation sites (N-methyl/N-ethyl adjacent to an activating group) is 1. The molecule has 2 atom stereocenters. The quantitative estimate of drug-likeness (QED) is 0.356. The molecule has 3 aromatic rings. The number of carbonyl (C=O) groups is 1. The molecule has 0 radical (unpaired) electrons. The Morgan fingerprint density at radius 2 is 1.61 bits per heavy atom. The van der Waals surface area contributed by atoms with Crippen LogP contribution in [-0.4, -0.2) is 23.7 Å². The largest absolute Gasteiger partial charge is 0.375 e. The molecule has 7 heteroatoms. The zero-order valence-corrected chi connectivity index (χ0v) is 20.6. The first-order valence-corrected chi connectivity index (χ1v) is 11.6. The molecule has 1 N–H and O–H groups in total. The molecule has 158 valence electrons. The Labute approximate surface area is 205 Å². The van der Waals surface area contributed by atoms with Crippen molar-refractivity contribution in [2.24, 2.45) is 4.99 Å². The number of nitrogens with one attached hydrogen (secondary N) is 1. The van der Waals surface area contributed by atoms with E-state index in [1.165, 1.54) is 0 Å². The van der Waals surface area contributed by atoms with Crippen molar-refractivity contribution < 1.29 is 4.79 Å². The first kappa shape index (κ1) is 22.1. The van der Waals surface area contributed by atoms with Gasteiger partial charge >= 0.3 is 0 Å². The van der Waals surface area contributed by atoms with Crippen molar-refractivity contribution in [1.82, 2.24) is 10.2 Å². The van der Waals surface area contributed by atoms with Crippen LogP contribution in [0.25, 0.3) is 0 Å². The van der Waals surface area contributed by atoms with Crippen molar-refractivity contribution in [3.05, 3.63) is 97.0 Å². The molecule has 0 aliphatic carbocycles. The van der Waals surface area contributed by atoms with Crippen LogP contribution >= 0.6 is 45.8 Å². The summed E-state index contributed by atoms with van der Waals surface area (Å²) >= 11 is 14.5. The van der Waals surface area contributed by atoms with Crippen molar-refractivity contribution >= 4 is 63.2 Å². The van der Waals surface area contributed by atoms with E-state index >= 15 is 0 Å². The van der Waals surface area contributed by atoms with Crippen LogP contribution in [-0.2, 0) is 0 Å². The minimum absolute atomic E-state index is 0.0788. The number of hydrogen-bond donors (Lipinski definition) is 1. The average molecular weight is 564 g/mol. The zero-order chi connectivity index (χ0) is 22.1. The van der Waals surface area contributed by atoms with Gasteiger partial charge in [-0.1, -0.05) is 47.5 Å². The van der Waals surface area contributed by atoms with Gasteiger partial charge in [-0.2, -0.15) is 0 Å². The lowest BCUT2D eigenvalue weighted by Crippen LogP contribution is -2.43. The van der Waals surface area contributed by atoms with E-state index in [1.54, 1.807) is 0 Å². The summed E-state index contributed by atoms with van der Waals surface area (Å²) in [4.78, 5) is 20.7. The molecule has 0 aromatic heterocycles. The summed E-state index contributed by atoms with van der Waals surface area (Å²) < 4.78 is 0.981. The Balaban J connectivity index is 1.93. The Morgan fingerprint density at radius 3 is 2.23 bits per heavy atom. The monoisotopic (exact) mass is 563 g/mol. The van der Waals surface area contributed by atoms with Crippen LogP contribution < -0.4 is 5.32 Å². The van der Waals surface area contributed by atoms with Crippen molar-refractivity contribution in [3.8, 4) is 0 Å². The molecule has 0 spiro atoms. The summed E-state index contributed by atoms with van der Waals surface area (Å²) in [6.07, 6.45) is 0. The number of amides is 1. The molecule has 1 amide bonds. The summed E-state index contributed by atoms with van der Waals surface area (Å²) in [5.74, 6) is 0.612. The smallest absolute Gasteiger partial charge is 0.257 e. The number of rotatable bonds is 3. The molecule has 0 fully saturated rings. The van der Waals surface area contributed by atoms with E-state index in [1.807, 2.05) is 85.6 Å². The van der Waals surface area contributed by atoms with Gasteiger partial charge in [0.25, 0.3) is 5.91 Å². The lowest BCUT2D eigenvalue weighted by atomic mass is 9.98. The average Bonchev–Trinajstić information content (AvgIpc) is 2.89. The molecule has 0 unspecified atom stereocenters. The Kier molecular flexibility index (Phi) is 6.55. The molecular weight excluding hydrogens is 544 g/mol. The van der Waals surface area contributed by atoms with Crippen LogP contribution in [0.5, 0.6) is 0 Å². The van der Waals surface area contributed by atoms with Crippen LogP contribution in [0.15, 0.2) is 71.7 Å². The van der Waals surface area contributed by atoms with E-state index in [0.29, 0.717) is 27.1 Å². The molecule has 1 aliphatic heterocycles. The molecule has 3 aromatic carbocycles. The molecule has 4 rings (SSSR count). The van der Waals surface area contributed by atoms with E-state index in [2.05, 4.69) is 27.9 Å². The highest BCUT2D eigenvalue weighted by molar-refractivity contribution is 14.1. The maximum absolute atomic E-state index is 14.0. The molecular formula is C24H20Cl2IN3O. The third-order valence-electron chi connectivity index (χ3n) is 5.41. The Bertz CT molecular complexity index is 1150. The Morgan fingerprint density at radius 1 is 1.00 bits per heavy atom. The number of carbonyl (C=O) groups excluding carboxylic acids is 1. The maximum Gasteiger partial charge on any atom is 0.257 e.